The summed E-state index contributed by atoms with van der Waals surface area (Å²) in [6.07, 6.45) is 0. The predicted octanol–water partition coefficient (Wildman–Crippen LogP) is 4.60. The van der Waals surface area contributed by atoms with Crippen LogP contribution in [0.25, 0.3) is 11.1 Å². The minimum atomic E-state index is -0.341. The van der Waals surface area contributed by atoms with E-state index < -0.39 is 0 Å². The van der Waals surface area contributed by atoms with Crippen molar-refractivity contribution in [2.75, 3.05) is 5.32 Å². The van der Waals surface area contributed by atoms with Gasteiger partial charge in [-0.25, -0.2) is 4.98 Å². The molecule has 1 heterocycles. The fourth-order valence-electron chi connectivity index (χ4n) is 1.92. The van der Waals surface area contributed by atoms with Crippen molar-refractivity contribution in [2.45, 2.75) is 17.4 Å². The molecule has 1 aromatic heterocycles. The number of hydrogen-bond donors (Lipinski definition) is 1. The molecule has 0 aliphatic heterocycles. The second-order valence-corrected chi connectivity index (χ2v) is 6.44. The lowest BCUT2D eigenvalue weighted by Gasteiger charge is -2.10. The lowest BCUT2D eigenvalue weighted by atomic mass is 10.3. The molecule has 1 amide bonds. The zero-order chi connectivity index (χ0) is 15.5. The average Bonchev–Trinajstić information content (AvgIpc) is 2.89. The van der Waals surface area contributed by atoms with E-state index in [1.165, 1.54) is 11.8 Å². The lowest BCUT2D eigenvalue weighted by Crippen LogP contribution is -2.22. The largest absolute Gasteiger partial charge is 0.431 e. The fourth-order valence-corrected chi connectivity index (χ4v) is 2.86. The maximum absolute atomic E-state index is 12.2. The Kier molecular flexibility index (Phi) is 4.36. The molecule has 22 heavy (non-hydrogen) atoms. The van der Waals surface area contributed by atoms with E-state index in [0.29, 0.717) is 21.5 Å². The highest BCUT2D eigenvalue weighted by atomic mass is 35.5. The first kappa shape index (κ1) is 14.9. The number of nitrogens with one attached hydrogen (secondary N) is 1. The van der Waals surface area contributed by atoms with Crippen LogP contribution in [0.3, 0.4) is 0 Å². The van der Waals surface area contributed by atoms with Crippen LogP contribution < -0.4 is 5.32 Å². The minimum Gasteiger partial charge on any atom is -0.431 e. The molecule has 3 rings (SSSR count). The van der Waals surface area contributed by atoms with Crippen molar-refractivity contribution in [3.05, 3.63) is 53.6 Å². The molecule has 2 aromatic carbocycles. The quantitative estimate of drug-likeness (QED) is 0.709. The first-order chi connectivity index (χ1) is 10.6. The van der Waals surface area contributed by atoms with Gasteiger partial charge in [-0.1, -0.05) is 41.6 Å². The molecular formula is C16H13ClN2O2S. The van der Waals surface area contributed by atoms with Gasteiger partial charge in [-0.05, 0) is 37.3 Å². The highest BCUT2D eigenvalue weighted by Gasteiger charge is 2.18. The molecule has 0 saturated heterocycles. The number of carbonyl (C=O) groups excluding carboxylic acids is 1. The summed E-state index contributed by atoms with van der Waals surface area (Å²) in [5.74, 6) is -0.130. The smallest absolute Gasteiger partial charge is 0.257 e. The van der Waals surface area contributed by atoms with Crippen molar-refractivity contribution in [1.82, 2.24) is 4.98 Å². The number of thioether (sulfide) groups is 1. The third-order valence-electron chi connectivity index (χ3n) is 3.01. The van der Waals surface area contributed by atoms with E-state index in [1.807, 2.05) is 24.3 Å². The summed E-state index contributed by atoms with van der Waals surface area (Å²) in [6.45, 7) is 1.80. The predicted molar refractivity (Wildman–Crippen MR) is 89.4 cm³/mol. The Hall–Kier alpha value is -1.98. The summed E-state index contributed by atoms with van der Waals surface area (Å²) in [6, 6.07) is 14.6. The standard InChI is InChI=1S/C16H13ClN2O2S/c1-10(15(20)18-12-6-4-5-11(17)9-12)22-16-19-13-7-2-3-8-14(13)21-16/h2-10H,1H3,(H,18,20)/t10-/m0/s1. The maximum atomic E-state index is 12.2. The Balaban J connectivity index is 1.68. The van der Waals surface area contributed by atoms with E-state index in [0.717, 1.165) is 5.52 Å². The molecule has 4 nitrogen and oxygen atoms in total. The zero-order valence-electron chi connectivity index (χ0n) is 11.7. The molecule has 3 aromatic rings. The van der Waals surface area contributed by atoms with Crippen molar-refractivity contribution >= 4 is 46.1 Å². The van der Waals surface area contributed by atoms with Gasteiger partial charge in [0.25, 0.3) is 5.22 Å². The number of hydrogen-bond acceptors (Lipinski definition) is 4. The van der Waals surface area contributed by atoms with Crippen molar-refractivity contribution in [3.8, 4) is 0 Å². The number of fused-ring (bicyclic) bond motifs is 1. The van der Waals surface area contributed by atoms with Gasteiger partial charge < -0.3 is 9.73 Å². The van der Waals surface area contributed by atoms with Crippen molar-refractivity contribution in [3.63, 3.8) is 0 Å². The molecule has 6 heteroatoms. The van der Waals surface area contributed by atoms with Crippen LogP contribution in [0.4, 0.5) is 5.69 Å². The number of oxazole rings is 1. The number of benzene rings is 2. The molecule has 0 saturated carbocycles. The number of carbonyl (C=O) groups is 1. The van der Waals surface area contributed by atoms with Crippen LogP contribution in [0, 0.1) is 0 Å². The Bertz CT molecular complexity index is 786. The molecule has 112 valence electrons. The lowest BCUT2D eigenvalue weighted by molar-refractivity contribution is -0.115. The Morgan fingerprint density at radius 3 is 2.86 bits per heavy atom. The van der Waals surface area contributed by atoms with E-state index in [9.17, 15) is 4.79 Å². The molecular weight excluding hydrogens is 320 g/mol. The van der Waals surface area contributed by atoms with E-state index in [4.69, 9.17) is 16.0 Å². The summed E-state index contributed by atoms with van der Waals surface area (Å²) in [5, 5.41) is 3.54. The number of para-hydroxylation sites is 2. The number of nitrogens with zero attached hydrogens (tertiary/aromatic N) is 1. The van der Waals surface area contributed by atoms with Gasteiger partial charge in [0.15, 0.2) is 5.58 Å². The van der Waals surface area contributed by atoms with Crippen LogP contribution in [0.2, 0.25) is 5.02 Å². The normalized spacial score (nSPS) is 12.3. The van der Waals surface area contributed by atoms with Crippen LogP contribution in [0.15, 0.2) is 58.2 Å². The molecule has 1 atom stereocenters. The highest BCUT2D eigenvalue weighted by molar-refractivity contribution is 8.00. The van der Waals surface area contributed by atoms with Crippen LogP contribution in [-0.2, 0) is 4.79 Å². The van der Waals surface area contributed by atoms with Gasteiger partial charge in [0.2, 0.25) is 5.91 Å². The summed E-state index contributed by atoms with van der Waals surface area (Å²) in [4.78, 5) is 16.6. The first-order valence-electron chi connectivity index (χ1n) is 6.70. The zero-order valence-corrected chi connectivity index (χ0v) is 13.3. The molecule has 1 N–H and O–H groups in total. The van der Waals surface area contributed by atoms with Crippen LogP contribution in [-0.4, -0.2) is 16.1 Å². The summed E-state index contributed by atoms with van der Waals surface area (Å²) in [7, 11) is 0. The third kappa shape index (κ3) is 3.43. The fraction of sp³-hybridized carbons (Fsp3) is 0.125. The van der Waals surface area contributed by atoms with Gasteiger partial charge >= 0.3 is 0 Å². The van der Waals surface area contributed by atoms with Gasteiger partial charge in [0, 0.05) is 10.7 Å². The number of anilines is 1. The van der Waals surface area contributed by atoms with Gasteiger partial charge in [0.05, 0.1) is 5.25 Å². The topological polar surface area (TPSA) is 55.1 Å². The molecule has 0 aliphatic carbocycles. The number of rotatable bonds is 4. The van der Waals surface area contributed by atoms with Crippen molar-refractivity contribution in [2.24, 2.45) is 0 Å². The SMILES string of the molecule is C[C@H](Sc1nc2ccccc2o1)C(=O)Nc1cccc(Cl)c1. The Morgan fingerprint density at radius 1 is 1.27 bits per heavy atom. The Labute approximate surface area is 136 Å². The average molecular weight is 333 g/mol. The summed E-state index contributed by atoms with van der Waals surface area (Å²) >= 11 is 7.18. The molecule has 0 bridgehead atoms. The summed E-state index contributed by atoms with van der Waals surface area (Å²) in [5.41, 5.74) is 2.17. The third-order valence-corrected chi connectivity index (χ3v) is 4.19. The van der Waals surface area contributed by atoms with Crippen LogP contribution in [0.5, 0.6) is 0 Å². The molecule has 0 radical (unpaired) electrons. The van der Waals surface area contributed by atoms with Gasteiger partial charge in [-0.15, -0.1) is 0 Å². The van der Waals surface area contributed by atoms with Crippen molar-refractivity contribution in [1.29, 1.82) is 0 Å². The van der Waals surface area contributed by atoms with E-state index in [-0.39, 0.29) is 11.2 Å². The second kappa shape index (κ2) is 6.42. The molecule has 0 fully saturated rings. The van der Waals surface area contributed by atoms with Gasteiger partial charge in [-0.3, -0.25) is 4.79 Å². The van der Waals surface area contributed by atoms with E-state index in [2.05, 4.69) is 10.3 Å². The molecule has 0 unspecified atom stereocenters. The number of aromatic nitrogens is 1. The van der Waals surface area contributed by atoms with Gasteiger partial charge in [0.1, 0.15) is 5.52 Å². The molecule has 0 spiro atoms. The van der Waals surface area contributed by atoms with E-state index in [1.54, 1.807) is 31.2 Å². The molecule has 0 aliphatic rings. The second-order valence-electron chi connectivity index (χ2n) is 4.71. The van der Waals surface area contributed by atoms with E-state index >= 15 is 0 Å². The van der Waals surface area contributed by atoms with Gasteiger partial charge in [-0.2, -0.15) is 0 Å². The minimum absolute atomic E-state index is 0.130. The monoisotopic (exact) mass is 332 g/mol. The van der Waals surface area contributed by atoms with Crippen LogP contribution in [0.1, 0.15) is 6.92 Å². The maximum Gasteiger partial charge on any atom is 0.257 e. The van der Waals surface area contributed by atoms with Crippen molar-refractivity contribution < 1.29 is 9.21 Å². The van der Waals surface area contributed by atoms with Crippen LogP contribution >= 0.6 is 23.4 Å². The first-order valence-corrected chi connectivity index (χ1v) is 7.96. The Morgan fingerprint density at radius 2 is 2.09 bits per heavy atom. The number of amides is 1. The summed E-state index contributed by atoms with van der Waals surface area (Å²) < 4.78 is 5.61. The number of halogens is 1. The highest BCUT2D eigenvalue weighted by Crippen LogP contribution is 2.27.